The first-order valence-corrected chi connectivity index (χ1v) is 8.49. The first-order chi connectivity index (χ1) is 11.2. The topological polar surface area (TPSA) is 57.8 Å². The molecule has 3 rings (SSSR count). The first kappa shape index (κ1) is 15.7. The van der Waals surface area contributed by atoms with Crippen molar-refractivity contribution in [1.82, 2.24) is 9.38 Å². The molecule has 0 saturated carbocycles. The van der Waals surface area contributed by atoms with E-state index in [4.69, 9.17) is 0 Å². The van der Waals surface area contributed by atoms with E-state index in [1.54, 1.807) is 16.7 Å². The van der Waals surface area contributed by atoms with Crippen LogP contribution < -0.4 is 10.5 Å². The number of fused-ring (bicyclic) bond motifs is 1. The summed E-state index contributed by atoms with van der Waals surface area (Å²) in [7, 11) is 0. The molecule has 1 atom stereocenters. The zero-order chi connectivity index (χ0) is 16.2. The number of nitrogens with zero attached hydrogens (tertiary/aromatic N) is 3. The lowest BCUT2D eigenvalue weighted by atomic mass is 10.2. The summed E-state index contributed by atoms with van der Waals surface area (Å²) in [5.74, 6) is 0. The number of para-hydroxylation sites is 1. The maximum absolute atomic E-state index is 12.1. The van der Waals surface area contributed by atoms with Gasteiger partial charge in [-0.05, 0) is 18.6 Å². The Labute approximate surface area is 138 Å². The number of aromatic nitrogens is 2. The van der Waals surface area contributed by atoms with Crippen LogP contribution in [0.15, 0.2) is 52.8 Å². The van der Waals surface area contributed by atoms with E-state index in [9.17, 15) is 9.90 Å². The minimum Gasteiger partial charge on any atom is -0.391 e. The van der Waals surface area contributed by atoms with Crippen LogP contribution in [0, 0.1) is 0 Å². The Hall–Kier alpha value is -2.18. The predicted octanol–water partition coefficient (Wildman–Crippen LogP) is 2.53. The summed E-state index contributed by atoms with van der Waals surface area (Å²) in [4.78, 5) is 19.4. The maximum Gasteiger partial charge on any atom is 0.258 e. The summed E-state index contributed by atoms with van der Waals surface area (Å²) >= 11 is 1.44. The molecule has 3 aromatic rings. The zero-order valence-corrected chi connectivity index (χ0v) is 13.7. The molecule has 0 amide bonds. The van der Waals surface area contributed by atoms with Gasteiger partial charge in [0, 0.05) is 29.9 Å². The summed E-state index contributed by atoms with van der Waals surface area (Å²) in [5, 5.41) is 11.9. The first-order valence-electron chi connectivity index (χ1n) is 7.61. The van der Waals surface area contributed by atoms with Crippen LogP contribution in [0.1, 0.15) is 19.0 Å². The molecule has 1 N–H and O–H groups in total. The molecule has 0 fully saturated rings. The van der Waals surface area contributed by atoms with E-state index >= 15 is 0 Å². The molecule has 120 valence electrons. The number of thiazole rings is 1. The van der Waals surface area contributed by atoms with Gasteiger partial charge in [-0.3, -0.25) is 9.20 Å². The van der Waals surface area contributed by atoms with Gasteiger partial charge in [0.15, 0.2) is 4.96 Å². The monoisotopic (exact) mass is 329 g/mol. The van der Waals surface area contributed by atoms with Crippen molar-refractivity contribution >= 4 is 22.0 Å². The van der Waals surface area contributed by atoms with Gasteiger partial charge in [0.25, 0.3) is 5.56 Å². The third-order valence-electron chi connectivity index (χ3n) is 3.73. The highest BCUT2D eigenvalue weighted by Gasteiger charge is 2.14. The zero-order valence-electron chi connectivity index (χ0n) is 12.9. The van der Waals surface area contributed by atoms with Crippen LogP contribution in [0.25, 0.3) is 4.96 Å². The van der Waals surface area contributed by atoms with Crippen molar-refractivity contribution in [2.45, 2.75) is 26.0 Å². The fourth-order valence-electron chi connectivity index (χ4n) is 2.45. The molecule has 0 radical (unpaired) electrons. The van der Waals surface area contributed by atoms with Crippen molar-refractivity contribution in [2.24, 2.45) is 0 Å². The second kappa shape index (κ2) is 6.93. The molecule has 0 saturated heterocycles. The van der Waals surface area contributed by atoms with Gasteiger partial charge in [-0.1, -0.05) is 25.1 Å². The highest BCUT2D eigenvalue weighted by atomic mass is 32.1. The number of anilines is 1. The standard InChI is InChI=1S/C17H19N3O2S/c1-2-15(21)12-19(14-6-4-3-5-7-14)11-13-10-16(22)20-8-9-23-17(20)18-13/h3-10,15,21H,2,11-12H2,1H3. The lowest BCUT2D eigenvalue weighted by Crippen LogP contribution is -2.32. The van der Waals surface area contributed by atoms with Crippen LogP contribution >= 0.6 is 11.3 Å². The van der Waals surface area contributed by atoms with E-state index < -0.39 is 6.10 Å². The maximum atomic E-state index is 12.1. The van der Waals surface area contributed by atoms with E-state index in [1.807, 2.05) is 42.6 Å². The van der Waals surface area contributed by atoms with E-state index in [1.165, 1.54) is 11.3 Å². The van der Waals surface area contributed by atoms with Crippen LogP contribution in [0.4, 0.5) is 5.69 Å². The van der Waals surface area contributed by atoms with Crippen LogP contribution in [-0.2, 0) is 6.54 Å². The van der Waals surface area contributed by atoms with Crippen molar-refractivity contribution in [2.75, 3.05) is 11.4 Å². The summed E-state index contributed by atoms with van der Waals surface area (Å²) in [6, 6.07) is 11.4. The predicted molar refractivity (Wildman–Crippen MR) is 93.1 cm³/mol. The molecule has 0 bridgehead atoms. The molecule has 2 heterocycles. The fraction of sp³-hybridized carbons (Fsp3) is 0.294. The van der Waals surface area contributed by atoms with Gasteiger partial charge in [0.1, 0.15) is 0 Å². The smallest absolute Gasteiger partial charge is 0.258 e. The van der Waals surface area contributed by atoms with Gasteiger partial charge in [0.05, 0.1) is 18.3 Å². The molecule has 0 aliphatic carbocycles. The lowest BCUT2D eigenvalue weighted by Gasteiger charge is -2.26. The SMILES string of the molecule is CCC(O)CN(Cc1cc(=O)n2ccsc2n1)c1ccccc1. The molecule has 2 aromatic heterocycles. The van der Waals surface area contributed by atoms with E-state index in [-0.39, 0.29) is 5.56 Å². The van der Waals surface area contributed by atoms with Crippen LogP contribution in [0.5, 0.6) is 0 Å². The third-order valence-corrected chi connectivity index (χ3v) is 4.49. The van der Waals surface area contributed by atoms with E-state index in [0.29, 0.717) is 30.2 Å². The number of rotatable bonds is 6. The van der Waals surface area contributed by atoms with Crippen LogP contribution in [0.3, 0.4) is 0 Å². The van der Waals surface area contributed by atoms with Gasteiger partial charge < -0.3 is 10.0 Å². The third kappa shape index (κ3) is 3.60. The van der Waals surface area contributed by atoms with Gasteiger partial charge in [-0.15, -0.1) is 11.3 Å². The van der Waals surface area contributed by atoms with Gasteiger partial charge in [-0.2, -0.15) is 0 Å². The molecule has 6 heteroatoms. The highest BCUT2D eigenvalue weighted by molar-refractivity contribution is 7.15. The quantitative estimate of drug-likeness (QED) is 0.755. The van der Waals surface area contributed by atoms with Crippen molar-refractivity contribution < 1.29 is 5.11 Å². The Kier molecular flexibility index (Phi) is 4.73. The number of hydrogen-bond donors (Lipinski definition) is 1. The summed E-state index contributed by atoms with van der Waals surface area (Å²) in [6.07, 6.45) is 2.00. The molecule has 0 aliphatic rings. The highest BCUT2D eigenvalue weighted by Crippen LogP contribution is 2.17. The Morgan fingerprint density at radius 2 is 2.13 bits per heavy atom. The molecule has 5 nitrogen and oxygen atoms in total. The van der Waals surface area contributed by atoms with Crippen LogP contribution in [-0.4, -0.2) is 27.1 Å². The summed E-state index contributed by atoms with van der Waals surface area (Å²) < 4.78 is 1.54. The van der Waals surface area contributed by atoms with Crippen molar-refractivity contribution in [3.63, 3.8) is 0 Å². The Morgan fingerprint density at radius 1 is 1.35 bits per heavy atom. The second-order valence-corrected chi connectivity index (χ2v) is 6.29. The molecule has 1 unspecified atom stereocenters. The molecule has 23 heavy (non-hydrogen) atoms. The molecule has 0 aliphatic heterocycles. The van der Waals surface area contributed by atoms with Crippen molar-refractivity contribution in [3.05, 3.63) is 64.0 Å². The fourth-order valence-corrected chi connectivity index (χ4v) is 3.19. The normalized spacial score (nSPS) is 12.4. The number of aliphatic hydroxyl groups is 1. The average molecular weight is 329 g/mol. The number of aliphatic hydroxyl groups excluding tert-OH is 1. The number of hydrogen-bond acceptors (Lipinski definition) is 5. The van der Waals surface area contributed by atoms with Gasteiger partial charge in [0.2, 0.25) is 0 Å². The minimum absolute atomic E-state index is 0.0738. The lowest BCUT2D eigenvalue weighted by molar-refractivity contribution is 0.175. The average Bonchev–Trinajstić information content (AvgIpc) is 3.04. The van der Waals surface area contributed by atoms with E-state index in [0.717, 1.165) is 5.69 Å². The van der Waals surface area contributed by atoms with Crippen molar-refractivity contribution in [1.29, 1.82) is 0 Å². The van der Waals surface area contributed by atoms with Crippen LogP contribution in [0.2, 0.25) is 0 Å². The second-order valence-electron chi connectivity index (χ2n) is 5.42. The minimum atomic E-state index is -0.415. The van der Waals surface area contributed by atoms with Gasteiger partial charge >= 0.3 is 0 Å². The Morgan fingerprint density at radius 3 is 2.87 bits per heavy atom. The molecular formula is C17H19N3O2S. The molecule has 1 aromatic carbocycles. The summed E-state index contributed by atoms with van der Waals surface area (Å²) in [6.45, 7) is 2.95. The Balaban J connectivity index is 1.91. The van der Waals surface area contributed by atoms with E-state index in [2.05, 4.69) is 9.88 Å². The van der Waals surface area contributed by atoms with Gasteiger partial charge in [-0.25, -0.2) is 4.98 Å². The largest absolute Gasteiger partial charge is 0.391 e. The molecular weight excluding hydrogens is 310 g/mol. The summed E-state index contributed by atoms with van der Waals surface area (Å²) in [5.41, 5.74) is 1.65. The Bertz CT molecular complexity index is 828. The van der Waals surface area contributed by atoms with Crippen molar-refractivity contribution in [3.8, 4) is 0 Å². The molecule has 0 spiro atoms. The number of benzene rings is 1.